The minimum Gasteiger partial charge on any atom is -0.493 e. The number of nitrogens with zero attached hydrogens (tertiary/aromatic N) is 2. The zero-order valence-corrected chi connectivity index (χ0v) is 21.6. The van der Waals surface area contributed by atoms with Crippen molar-refractivity contribution in [2.45, 2.75) is 52.7 Å². The maximum absolute atomic E-state index is 11.9. The number of carbonyl (C=O) groups excluding carboxylic acids is 1. The zero-order valence-electron chi connectivity index (χ0n) is 19.3. The van der Waals surface area contributed by atoms with Crippen LogP contribution in [0.2, 0.25) is 0 Å². The molecule has 3 rings (SSSR count). The number of aliphatic imine (C=N–C) groups is 1. The molecule has 0 aromatic heterocycles. The van der Waals surface area contributed by atoms with Gasteiger partial charge in [-0.05, 0) is 42.5 Å². The predicted molar refractivity (Wildman–Crippen MR) is 141 cm³/mol. The monoisotopic (exact) mass is 550 g/mol. The van der Waals surface area contributed by atoms with Crippen molar-refractivity contribution in [1.82, 2.24) is 15.5 Å². The summed E-state index contributed by atoms with van der Waals surface area (Å²) >= 11 is 0. The lowest BCUT2D eigenvalue weighted by Gasteiger charge is -2.17. The van der Waals surface area contributed by atoms with Crippen molar-refractivity contribution in [2.24, 2.45) is 4.99 Å². The van der Waals surface area contributed by atoms with Gasteiger partial charge in [-0.3, -0.25) is 9.79 Å². The molecular weight excluding hydrogens is 515 g/mol. The van der Waals surface area contributed by atoms with Crippen LogP contribution < -0.4 is 15.4 Å². The summed E-state index contributed by atoms with van der Waals surface area (Å²) in [6.07, 6.45) is 2.62. The standard InChI is InChI=1S/C25H34N4O2.HI/c1-4-13-31-23-14-19(2)10-11-22(23)17-28-25(26-3)27-16-20-7-5-8-21(15-20)18-29-12-6-9-24(29)30;/h5,7-8,10-11,14-15H,4,6,9,12-13,16-18H2,1-3H3,(H2,26,27,28);1H. The Bertz CT molecular complexity index is 917. The van der Waals surface area contributed by atoms with E-state index in [4.69, 9.17) is 4.74 Å². The number of guanidine groups is 1. The highest BCUT2D eigenvalue weighted by Gasteiger charge is 2.19. The summed E-state index contributed by atoms with van der Waals surface area (Å²) < 4.78 is 5.91. The number of rotatable bonds is 9. The number of likely N-dealkylation sites (tertiary alicyclic amines) is 1. The molecule has 0 saturated carbocycles. The average molecular weight is 550 g/mol. The first kappa shape index (κ1) is 26.0. The Kier molecular flexibility index (Phi) is 10.8. The summed E-state index contributed by atoms with van der Waals surface area (Å²) in [6, 6.07) is 14.7. The molecule has 32 heavy (non-hydrogen) atoms. The molecule has 0 spiro atoms. The van der Waals surface area contributed by atoms with E-state index in [1.165, 1.54) is 5.56 Å². The molecule has 1 fully saturated rings. The van der Waals surface area contributed by atoms with Crippen molar-refractivity contribution >= 4 is 35.8 Å². The van der Waals surface area contributed by atoms with Gasteiger partial charge in [0.2, 0.25) is 5.91 Å². The second-order valence-electron chi connectivity index (χ2n) is 7.98. The predicted octanol–water partition coefficient (Wildman–Crippen LogP) is 4.39. The number of ether oxygens (including phenoxy) is 1. The van der Waals surface area contributed by atoms with E-state index in [1.54, 1.807) is 7.05 Å². The van der Waals surface area contributed by atoms with Gasteiger partial charge in [-0.1, -0.05) is 43.3 Å². The molecule has 174 valence electrons. The minimum absolute atomic E-state index is 0. The van der Waals surface area contributed by atoms with Crippen LogP contribution >= 0.6 is 24.0 Å². The van der Waals surface area contributed by atoms with Crippen LogP contribution in [0.3, 0.4) is 0 Å². The Hall–Kier alpha value is -2.29. The molecular formula is C25H35IN4O2. The fourth-order valence-electron chi connectivity index (χ4n) is 3.67. The summed E-state index contributed by atoms with van der Waals surface area (Å²) in [5, 5.41) is 6.75. The number of benzene rings is 2. The summed E-state index contributed by atoms with van der Waals surface area (Å²) in [5.41, 5.74) is 4.62. The molecule has 0 radical (unpaired) electrons. The van der Waals surface area contributed by atoms with E-state index in [-0.39, 0.29) is 29.9 Å². The summed E-state index contributed by atoms with van der Waals surface area (Å²) in [5.74, 6) is 1.92. The van der Waals surface area contributed by atoms with E-state index < -0.39 is 0 Å². The first-order valence-electron chi connectivity index (χ1n) is 11.1. The lowest BCUT2D eigenvalue weighted by Crippen LogP contribution is -2.36. The molecule has 1 amide bonds. The maximum atomic E-state index is 11.9. The fourth-order valence-corrected chi connectivity index (χ4v) is 3.67. The van der Waals surface area contributed by atoms with Crippen molar-refractivity contribution in [3.05, 3.63) is 64.7 Å². The average Bonchev–Trinajstić information content (AvgIpc) is 3.18. The SMILES string of the molecule is CCCOc1cc(C)ccc1CNC(=NC)NCc1cccc(CN2CCCC2=O)c1.I. The lowest BCUT2D eigenvalue weighted by atomic mass is 10.1. The van der Waals surface area contributed by atoms with Crippen LogP contribution in [0.5, 0.6) is 5.75 Å². The number of carbonyl (C=O) groups is 1. The molecule has 2 aromatic rings. The van der Waals surface area contributed by atoms with Crippen molar-refractivity contribution in [1.29, 1.82) is 0 Å². The van der Waals surface area contributed by atoms with E-state index in [0.717, 1.165) is 47.8 Å². The van der Waals surface area contributed by atoms with Gasteiger partial charge < -0.3 is 20.3 Å². The highest BCUT2D eigenvalue weighted by Crippen LogP contribution is 2.20. The van der Waals surface area contributed by atoms with E-state index in [2.05, 4.69) is 65.9 Å². The van der Waals surface area contributed by atoms with Crippen LogP contribution in [-0.4, -0.2) is 37.0 Å². The second kappa shape index (κ2) is 13.3. The van der Waals surface area contributed by atoms with E-state index >= 15 is 0 Å². The van der Waals surface area contributed by atoms with Gasteiger partial charge in [-0.25, -0.2) is 0 Å². The van der Waals surface area contributed by atoms with Gasteiger partial charge in [-0.15, -0.1) is 24.0 Å². The largest absolute Gasteiger partial charge is 0.493 e. The summed E-state index contributed by atoms with van der Waals surface area (Å²) in [6.45, 7) is 7.74. The van der Waals surface area contributed by atoms with Gasteiger partial charge >= 0.3 is 0 Å². The number of aryl methyl sites for hydroxylation is 1. The van der Waals surface area contributed by atoms with Gasteiger partial charge in [0, 0.05) is 45.2 Å². The summed E-state index contributed by atoms with van der Waals surface area (Å²) in [7, 11) is 1.77. The van der Waals surface area contributed by atoms with Crippen molar-refractivity contribution in [3.63, 3.8) is 0 Å². The highest BCUT2D eigenvalue weighted by molar-refractivity contribution is 14.0. The van der Waals surface area contributed by atoms with Gasteiger partial charge in [0.05, 0.1) is 6.61 Å². The molecule has 0 aliphatic carbocycles. The third kappa shape index (κ3) is 7.69. The molecule has 1 heterocycles. The third-order valence-corrected chi connectivity index (χ3v) is 5.35. The molecule has 2 aromatic carbocycles. The number of halogens is 1. The molecule has 1 aliphatic heterocycles. The quantitative estimate of drug-likeness (QED) is 0.276. The molecule has 1 aliphatic rings. The normalized spacial score (nSPS) is 13.7. The number of hydrogen-bond acceptors (Lipinski definition) is 3. The first-order valence-corrected chi connectivity index (χ1v) is 11.1. The number of hydrogen-bond donors (Lipinski definition) is 2. The Morgan fingerprint density at radius 2 is 1.91 bits per heavy atom. The van der Waals surface area contributed by atoms with Gasteiger partial charge in [0.15, 0.2) is 5.96 Å². The van der Waals surface area contributed by atoms with Crippen LogP contribution in [0.15, 0.2) is 47.5 Å². The molecule has 0 bridgehead atoms. The summed E-state index contributed by atoms with van der Waals surface area (Å²) in [4.78, 5) is 18.2. The van der Waals surface area contributed by atoms with E-state index in [9.17, 15) is 4.79 Å². The lowest BCUT2D eigenvalue weighted by molar-refractivity contribution is -0.128. The smallest absolute Gasteiger partial charge is 0.222 e. The number of nitrogens with one attached hydrogen (secondary N) is 2. The number of amides is 1. The van der Waals surface area contributed by atoms with Crippen LogP contribution in [0.1, 0.15) is 48.4 Å². The van der Waals surface area contributed by atoms with Gasteiger partial charge in [0.25, 0.3) is 0 Å². The molecule has 1 saturated heterocycles. The van der Waals surface area contributed by atoms with Crippen molar-refractivity contribution in [2.75, 3.05) is 20.2 Å². The second-order valence-corrected chi connectivity index (χ2v) is 7.98. The van der Waals surface area contributed by atoms with Crippen LogP contribution in [0, 0.1) is 6.92 Å². The van der Waals surface area contributed by atoms with Gasteiger partial charge in [-0.2, -0.15) is 0 Å². The Balaban J connectivity index is 0.00000363. The Labute approximate surface area is 208 Å². The molecule has 0 atom stereocenters. The third-order valence-electron chi connectivity index (χ3n) is 5.35. The van der Waals surface area contributed by atoms with E-state index in [0.29, 0.717) is 32.7 Å². The Morgan fingerprint density at radius 3 is 2.62 bits per heavy atom. The van der Waals surface area contributed by atoms with Crippen LogP contribution in [0.4, 0.5) is 0 Å². The van der Waals surface area contributed by atoms with E-state index in [1.807, 2.05) is 11.0 Å². The molecule has 0 unspecified atom stereocenters. The van der Waals surface area contributed by atoms with Gasteiger partial charge in [0.1, 0.15) is 5.75 Å². The highest BCUT2D eigenvalue weighted by atomic mass is 127. The minimum atomic E-state index is 0. The van der Waals surface area contributed by atoms with Crippen molar-refractivity contribution < 1.29 is 9.53 Å². The fraction of sp³-hybridized carbons (Fsp3) is 0.440. The van der Waals surface area contributed by atoms with Crippen molar-refractivity contribution in [3.8, 4) is 5.75 Å². The van der Waals surface area contributed by atoms with Crippen LogP contribution in [0.25, 0.3) is 0 Å². The molecule has 6 nitrogen and oxygen atoms in total. The Morgan fingerprint density at radius 1 is 1.12 bits per heavy atom. The molecule has 7 heteroatoms. The zero-order chi connectivity index (χ0) is 22.1. The first-order chi connectivity index (χ1) is 15.1. The van der Waals surface area contributed by atoms with Crippen LogP contribution in [-0.2, 0) is 24.4 Å². The maximum Gasteiger partial charge on any atom is 0.222 e. The molecule has 2 N–H and O–H groups in total. The topological polar surface area (TPSA) is 66.0 Å².